The minimum Gasteiger partial charge on any atom is -0.460 e. The largest absolute Gasteiger partial charge is 0.460 e. The molecule has 0 atom stereocenters. The van der Waals surface area contributed by atoms with E-state index in [0.29, 0.717) is 17.8 Å². The van der Waals surface area contributed by atoms with Gasteiger partial charge in [-0.1, -0.05) is 0 Å². The van der Waals surface area contributed by atoms with Crippen molar-refractivity contribution in [3.8, 4) is 0 Å². The van der Waals surface area contributed by atoms with E-state index in [1.807, 2.05) is 6.92 Å². The smallest absolute Gasteiger partial charge is 0.379 e. The maximum absolute atomic E-state index is 11.6. The average molecular weight is 210 g/mol. The highest BCUT2D eigenvalue weighted by molar-refractivity contribution is 6.40. The molecule has 0 fully saturated rings. The van der Waals surface area contributed by atoms with Gasteiger partial charge in [0.2, 0.25) is 0 Å². The Labute approximate surface area is 88.0 Å². The number of nitrogens with zero attached hydrogens (tertiary/aromatic N) is 2. The van der Waals surface area contributed by atoms with E-state index >= 15 is 0 Å². The number of carbonyl (C=O) groups excluding carboxylic acids is 2. The Morgan fingerprint density at radius 2 is 2.13 bits per heavy atom. The van der Waals surface area contributed by atoms with Crippen molar-refractivity contribution < 1.29 is 14.3 Å². The van der Waals surface area contributed by atoms with Gasteiger partial charge < -0.3 is 4.74 Å². The van der Waals surface area contributed by atoms with E-state index in [2.05, 4.69) is 9.84 Å². The van der Waals surface area contributed by atoms with Gasteiger partial charge in [-0.15, -0.1) is 0 Å². The number of esters is 1. The van der Waals surface area contributed by atoms with Crippen LogP contribution in [0, 0.1) is 6.92 Å². The van der Waals surface area contributed by atoms with Crippen LogP contribution < -0.4 is 0 Å². The zero-order chi connectivity index (χ0) is 11.4. The van der Waals surface area contributed by atoms with Crippen molar-refractivity contribution in [2.24, 2.45) is 0 Å². The predicted molar refractivity (Wildman–Crippen MR) is 53.6 cm³/mol. The molecule has 1 rings (SSSR count). The molecule has 1 aromatic heterocycles. The Balaban J connectivity index is 2.90. The van der Waals surface area contributed by atoms with Gasteiger partial charge in [0.25, 0.3) is 5.78 Å². The molecule has 0 amide bonds. The van der Waals surface area contributed by atoms with E-state index in [9.17, 15) is 9.59 Å². The molecule has 0 spiro atoms. The average Bonchev–Trinajstić information content (AvgIpc) is 2.59. The molecule has 5 nitrogen and oxygen atoms in total. The Morgan fingerprint density at radius 3 is 2.60 bits per heavy atom. The monoisotopic (exact) mass is 210 g/mol. The van der Waals surface area contributed by atoms with Gasteiger partial charge in [0.15, 0.2) is 0 Å². The molecule has 1 aromatic rings. The first kappa shape index (κ1) is 11.4. The predicted octanol–water partition coefficient (Wildman–Crippen LogP) is 0.957. The summed E-state index contributed by atoms with van der Waals surface area (Å²) in [5.41, 5.74) is 0.866. The van der Waals surface area contributed by atoms with Gasteiger partial charge in [0.1, 0.15) is 0 Å². The van der Waals surface area contributed by atoms with Crippen LogP contribution >= 0.6 is 0 Å². The highest BCUT2D eigenvalue weighted by Gasteiger charge is 2.21. The van der Waals surface area contributed by atoms with Crippen LogP contribution in [0.4, 0.5) is 0 Å². The SMILES string of the molecule is CCOC(=O)C(=O)c1cn(CC)nc1C. The molecule has 5 heteroatoms. The van der Waals surface area contributed by atoms with E-state index in [1.165, 1.54) is 0 Å². The van der Waals surface area contributed by atoms with Crippen LogP contribution in [0.1, 0.15) is 29.9 Å². The first-order valence-electron chi connectivity index (χ1n) is 4.85. The van der Waals surface area contributed by atoms with E-state index in [4.69, 9.17) is 0 Å². The molecule has 15 heavy (non-hydrogen) atoms. The lowest BCUT2D eigenvalue weighted by Crippen LogP contribution is -2.17. The molecule has 0 aliphatic carbocycles. The summed E-state index contributed by atoms with van der Waals surface area (Å²) in [5, 5.41) is 4.08. The Bertz CT molecular complexity index is 382. The molecule has 0 saturated heterocycles. The minimum absolute atomic E-state index is 0.200. The number of ether oxygens (including phenoxy) is 1. The Morgan fingerprint density at radius 1 is 1.47 bits per heavy atom. The number of aromatic nitrogens is 2. The summed E-state index contributed by atoms with van der Waals surface area (Å²) < 4.78 is 6.24. The van der Waals surface area contributed by atoms with Crippen LogP contribution in [0.2, 0.25) is 0 Å². The van der Waals surface area contributed by atoms with Gasteiger partial charge in [-0.05, 0) is 20.8 Å². The number of aryl methyl sites for hydroxylation is 2. The second-order valence-electron chi connectivity index (χ2n) is 3.03. The number of carbonyl (C=O) groups is 2. The fourth-order valence-electron chi connectivity index (χ4n) is 1.21. The summed E-state index contributed by atoms with van der Waals surface area (Å²) >= 11 is 0. The lowest BCUT2D eigenvalue weighted by molar-refractivity contribution is -0.137. The van der Waals surface area contributed by atoms with Crippen molar-refractivity contribution in [3.05, 3.63) is 17.5 Å². The summed E-state index contributed by atoms with van der Waals surface area (Å²) in [6, 6.07) is 0. The quantitative estimate of drug-likeness (QED) is 0.422. The van der Waals surface area contributed by atoms with E-state index in [1.54, 1.807) is 24.7 Å². The van der Waals surface area contributed by atoms with Crippen molar-refractivity contribution in [1.82, 2.24) is 9.78 Å². The zero-order valence-electron chi connectivity index (χ0n) is 9.11. The summed E-state index contributed by atoms with van der Waals surface area (Å²) in [7, 11) is 0. The van der Waals surface area contributed by atoms with Crippen molar-refractivity contribution in [3.63, 3.8) is 0 Å². The Kier molecular flexibility index (Phi) is 3.60. The summed E-state index contributed by atoms with van der Waals surface area (Å²) in [4.78, 5) is 22.7. The molecule has 0 bridgehead atoms. The minimum atomic E-state index is -0.823. The molecular formula is C10H14N2O3. The van der Waals surface area contributed by atoms with Crippen LogP contribution in [-0.4, -0.2) is 28.1 Å². The lowest BCUT2D eigenvalue weighted by Gasteiger charge is -1.98. The van der Waals surface area contributed by atoms with Crippen LogP contribution in [0.3, 0.4) is 0 Å². The number of hydrogen-bond donors (Lipinski definition) is 0. The van der Waals surface area contributed by atoms with Crippen LogP contribution in [0.15, 0.2) is 6.20 Å². The van der Waals surface area contributed by atoms with Crippen molar-refractivity contribution in [1.29, 1.82) is 0 Å². The third kappa shape index (κ3) is 2.43. The van der Waals surface area contributed by atoms with Gasteiger partial charge >= 0.3 is 5.97 Å². The van der Waals surface area contributed by atoms with Crippen molar-refractivity contribution >= 4 is 11.8 Å². The van der Waals surface area contributed by atoms with Gasteiger partial charge in [0.05, 0.1) is 17.9 Å². The van der Waals surface area contributed by atoms with Crippen molar-refractivity contribution in [2.75, 3.05) is 6.61 Å². The van der Waals surface area contributed by atoms with Crippen molar-refractivity contribution in [2.45, 2.75) is 27.3 Å². The third-order valence-corrected chi connectivity index (χ3v) is 1.98. The van der Waals surface area contributed by atoms with Crippen LogP contribution in [0.5, 0.6) is 0 Å². The normalized spacial score (nSPS) is 10.1. The maximum Gasteiger partial charge on any atom is 0.379 e. The molecule has 0 aromatic carbocycles. The number of hydrogen-bond acceptors (Lipinski definition) is 4. The van der Waals surface area contributed by atoms with Gasteiger partial charge in [-0.3, -0.25) is 9.48 Å². The molecule has 0 saturated carbocycles. The fourth-order valence-corrected chi connectivity index (χ4v) is 1.21. The summed E-state index contributed by atoms with van der Waals surface area (Å²) in [5.74, 6) is -1.45. The topological polar surface area (TPSA) is 61.2 Å². The van der Waals surface area contributed by atoms with Gasteiger partial charge in [-0.2, -0.15) is 5.10 Å². The highest BCUT2D eigenvalue weighted by atomic mass is 16.5. The van der Waals surface area contributed by atoms with Crippen LogP contribution in [0.25, 0.3) is 0 Å². The molecule has 1 heterocycles. The summed E-state index contributed by atoms with van der Waals surface area (Å²) in [6.07, 6.45) is 1.56. The zero-order valence-corrected chi connectivity index (χ0v) is 9.11. The fraction of sp³-hybridized carbons (Fsp3) is 0.500. The first-order chi connectivity index (χ1) is 7.10. The molecule has 0 aliphatic heterocycles. The molecule has 82 valence electrons. The van der Waals surface area contributed by atoms with Gasteiger partial charge in [-0.25, -0.2) is 4.79 Å². The highest BCUT2D eigenvalue weighted by Crippen LogP contribution is 2.07. The Hall–Kier alpha value is -1.65. The maximum atomic E-state index is 11.6. The summed E-state index contributed by atoms with van der Waals surface area (Å²) in [6.45, 7) is 6.12. The number of Topliss-reactive ketones (excluding diaryl/α,β-unsaturated/α-hetero) is 1. The molecule has 0 aliphatic rings. The van der Waals surface area contributed by atoms with E-state index < -0.39 is 11.8 Å². The van der Waals surface area contributed by atoms with E-state index in [0.717, 1.165) is 0 Å². The first-order valence-corrected chi connectivity index (χ1v) is 4.85. The molecule has 0 radical (unpaired) electrons. The standard InChI is InChI=1S/C10H14N2O3/c1-4-12-6-8(7(3)11-12)9(13)10(14)15-5-2/h6H,4-5H2,1-3H3. The third-order valence-electron chi connectivity index (χ3n) is 1.98. The second kappa shape index (κ2) is 4.72. The lowest BCUT2D eigenvalue weighted by atomic mass is 10.2. The molecule has 0 N–H and O–H groups in total. The number of rotatable bonds is 4. The number of ketones is 1. The second-order valence-corrected chi connectivity index (χ2v) is 3.03. The molecule has 0 unspecified atom stereocenters. The van der Waals surface area contributed by atoms with Crippen LogP contribution in [-0.2, 0) is 16.1 Å². The van der Waals surface area contributed by atoms with Gasteiger partial charge in [0, 0.05) is 12.7 Å². The molecular weight excluding hydrogens is 196 g/mol. The van der Waals surface area contributed by atoms with E-state index in [-0.39, 0.29) is 6.61 Å².